The van der Waals surface area contributed by atoms with Crippen LogP contribution in [0, 0.1) is 0 Å². The van der Waals surface area contributed by atoms with Gasteiger partial charge in [0, 0.05) is 30.6 Å². The molecule has 0 bridgehead atoms. The molecule has 6 heteroatoms. The fourth-order valence-electron chi connectivity index (χ4n) is 3.68. The van der Waals surface area contributed by atoms with Crippen LogP contribution in [-0.4, -0.2) is 55.0 Å². The van der Waals surface area contributed by atoms with Crippen LogP contribution in [0.2, 0.25) is 0 Å². The number of fused-ring (bicyclic) bond motifs is 1. The minimum Gasteiger partial charge on any atom is -0.481 e. The van der Waals surface area contributed by atoms with Crippen molar-refractivity contribution < 1.29 is 13.9 Å². The highest BCUT2D eigenvalue weighted by Crippen LogP contribution is 2.24. The Morgan fingerprint density at radius 3 is 2.70 bits per heavy atom. The van der Waals surface area contributed by atoms with Crippen LogP contribution in [0.5, 0.6) is 5.75 Å². The van der Waals surface area contributed by atoms with E-state index in [1.54, 1.807) is 13.0 Å². The summed E-state index contributed by atoms with van der Waals surface area (Å²) in [4.78, 5) is 28.6. The topological polar surface area (TPSA) is 63.0 Å². The first kappa shape index (κ1) is 19.4. The number of hydrogen-bond donors (Lipinski definition) is 0. The highest BCUT2D eigenvalue weighted by molar-refractivity contribution is 5.83. The Morgan fingerprint density at radius 1 is 1.33 bits per heavy atom. The lowest BCUT2D eigenvalue weighted by atomic mass is 10.0. The molecule has 1 atom stereocenters. The number of aryl methyl sites for hydroxylation is 1. The molecule has 3 rings (SSSR count). The van der Waals surface area contributed by atoms with Gasteiger partial charge in [-0.05, 0) is 64.0 Å². The second kappa shape index (κ2) is 8.13. The molecule has 0 radical (unpaired) electrons. The summed E-state index contributed by atoms with van der Waals surface area (Å²) >= 11 is 0. The van der Waals surface area contributed by atoms with Crippen LogP contribution < -0.4 is 10.4 Å². The zero-order valence-corrected chi connectivity index (χ0v) is 16.5. The molecule has 0 saturated carbocycles. The van der Waals surface area contributed by atoms with Gasteiger partial charge in [-0.2, -0.15) is 0 Å². The third-order valence-corrected chi connectivity index (χ3v) is 5.43. The van der Waals surface area contributed by atoms with E-state index in [-0.39, 0.29) is 17.6 Å². The molecule has 2 aromatic rings. The molecule has 0 spiro atoms. The third kappa shape index (κ3) is 4.33. The van der Waals surface area contributed by atoms with Gasteiger partial charge in [-0.15, -0.1) is 0 Å². The van der Waals surface area contributed by atoms with E-state index in [0.29, 0.717) is 11.3 Å². The van der Waals surface area contributed by atoms with Crippen LogP contribution in [0.1, 0.15) is 32.3 Å². The van der Waals surface area contributed by atoms with Crippen molar-refractivity contribution in [3.63, 3.8) is 0 Å². The smallest absolute Gasteiger partial charge is 0.336 e. The maximum atomic E-state index is 12.8. The van der Waals surface area contributed by atoms with Gasteiger partial charge in [0.05, 0.1) is 0 Å². The van der Waals surface area contributed by atoms with Crippen molar-refractivity contribution in [2.75, 3.05) is 27.2 Å². The molecule has 1 unspecified atom stereocenters. The van der Waals surface area contributed by atoms with E-state index in [0.717, 1.165) is 43.3 Å². The molecule has 6 nitrogen and oxygen atoms in total. The number of rotatable bonds is 5. The lowest BCUT2D eigenvalue weighted by molar-refractivity contribution is -0.139. The van der Waals surface area contributed by atoms with Crippen LogP contribution in [-0.2, 0) is 11.2 Å². The average Bonchev–Trinajstić information content (AvgIpc) is 2.66. The largest absolute Gasteiger partial charge is 0.481 e. The van der Waals surface area contributed by atoms with E-state index in [4.69, 9.17) is 9.15 Å². The van der Waals surface area contributed by atoms with E-state index < -0.39 is 6.10 Å². The van der Waals surface area contributed by atoms with Crippen LogP contribution in [0.25, 0.3) is 11.0 Å². The summed E-state index contributed by atoms with van der Waals surface area (Å²) in [5, 5.41) is 0.895. The van der Waals surface area contributed by atoms with Gasteiger partial charge in [0.25, 0.3) is 5.91 Å². The van der Waals surface area contributed by atoms with E-state index >= 15 is 0 Å². The molecule has 1 saturated heterocycles. The molecular formula is C21H28N2O4. The van der Waals surface area contributed by atoms with Crippen LogP contribution in [0.3, 0.4) is 0 Å². The first-order valence-electron chi connectivity index (χ1n) is 9.57. The maximum absolute atomic E-state index is 12.8. The second-order valence-electron chi connectivity index (χ2n) is 7.35. The maximum Gasteiger partial charge on any atom is 0.336 e. The van der Waals surface area contributed by atoms with E-state index in [2.05, 4.69) is 11.9 Å². The van der Waals surface area contributed by atoms with Gasteiger partial charge < -0.3 is 19.0 Å². The van der Waals surface area contributed by atoms with Crippen molar-refractivity contribution in [3.8, 4) is 5.75 Å². The van der Waals surface area contributed by atoms with Gasteiger partial charge in [0.1, 0.15) is 11.3 Å². The normalized spacial score (nSPS) is 17.0. The summed E-state index contributed by atoms with van der Waals surface area (Å²) in [5.74, 6) is 0.491. The zero-order valence-electron chi connectivity index (χ0n) is 16.5. The van der Waals surface area contributed by atoms with Crippen LogP contribution >= 0.6 is 0 Å². The minimum absolute atomic E-state index is 0.0339. The van der Waals surface area contributed by atoms with E-state index in [1.807, 2.05) is 31.0 Å². The molecule has 1 aromatic heterocycles. The Morgan fingerprint density at radius 2 is 2.04 bits per heavy atom. The van der Waals surface area contributed by atoms with Gasteiger partial charge >= 0.3 is 5.63 Å². The Kier molecular flexibility index (Phi) is 5.85. The fraction of sp³-hybridized carbons (Fsp3) is 0.524. The molecule has 1 aliphatic rings. The summed E-state index contributed by atoms with van der Waals surface area (Å²) in [6.45, 7) is 5.76. The number of likely N-dealkylation sites (N-methyl/N-ethyl adjacent to an activating group) is 1. The third-order valence-electron chi connectivity index (χ3n) is 5.43. The van der Waals surface area contributed by atoms with Crippen molar-refractivity contribution in [1.82, 2.24) is 9.80 Å². The van der Waals surface area contributed by atoms with Gasteiger partial charge in [-0.3, -0.25) is 4.79 Å². The number of nitrogens with zero attached hydrogens (tertiary/aromatic N) is 2. The number of carbonyl (C=O) groups excluding carboxylic acids is 1. The predicted molar refractivity (Wildman–Crippen MR) is 105 cm³/mol. The molecule has 2 heterocycles. The van der Waals surface area contributed by atoms with Crippen molar-refractivity contribution in [1.29, 1.82) is 0 Å². The van der Waals surface area contributed by atoms with Crippen molar-refractivity contribution in [2.24, 2.45) is 0 Å². The fourth-order valence-corrected chi connectivity index (χ4v) is 3.68. The molecule has 27 heavy (non-hydrogen) atoms. The molecule has 1 aliphatic heterocycles. The molecular weight excluding hydrogens is 344 g/mol. The second-order valence-corrected chi connectivity index (χ2v) is 7.35. The summed E-state index contributed by atoms with van der Waals surface area (Å²) in [6.07, 6.45) is 2.10. The standard InChI is InChI=1S/C21H28N2O4/c1-5-15-12-20(24)27-19-13-17(6-7-18(15)19)26-14(2)21(25)23(4)16-8-10-22(3)11-9-16/h6-7,12-14,16H,5,8-11H2,1-4H3. The average molecular weight is 372 g/mol. The molecule has 1 fully saturated rings. The van der Waals surface area contributed by atoms with Gasteiger partial charge in [-0.25, -0.2) is 4.79 Å². The van der Waals surface area contributed by atoms with E-state index in [9.17, 15) is 9.59 Å². The summed E-state index contributed by atoms with van der Waals surface area (Å²) < 4.78 is 11.2. The number of ether oxygens (including phenoxy) is 1. The minimum atomic E-state index is -0.604. The Hall–Kier alpha value is -2.34. The monoisotopic (exact) mass is 372 g/mol. The lowest BCUT2D eigenvalue weighted by Crippen LogP contribution is -2.48. The van der Waals surface area contributed by atoms with Crippen molar-refractivity contribution in [2.45, 2.75) is 45.3 Å². The molecule has 146 valence electrons. The lowest BCUT2D eigenvalue weighted by Gasteiger charge is -2.36. The van der Waals surface area contributed by atoms with Gasteiger partial charge in [-0.1, -0.05) is 6.92 Å². The Labute approximate surface area is 159 Å². The highest BCUT2D eigenvalue weighted by atomic mass is 16.5. The highest BCUT2D eigenvalue weighted by Gasteiger charge is 2.27. The van der Waals surface area contributed by atoms with E-state index in [1.165, 1.54) is 6.07 Å². The molecule has 1 amide bonds. The molecule has 0 aliphatic carbocycles. The number of hydrogen-bond acceptors (Lipinski definition) is 5. The predicted octanol–water partition coefficient (Wildman–Crippen LogP) is 2.68. The van der Waals surface area contributed by atoms with Crippen molar-refractivity contribution in [3.05, 3.63) is 40.2 Å². The number of piperidine rings is 1. The van der Waals surface area contributed by atoms with Gasteiger partial charge in [0.15, 0.2) is 6.10 Å². The Balaban J connectivity index is 1.72. The SMILES string of the molecule is CCc1cc(=O)oc2cc(OC(C)C(=O)N(C)C3CCN(C)CC3)ccc12. The summed E-state index contributed by atoms with van der Waals surface area (Å²) in [5.41, 5.74) is 1.06. The number of benzene rings is 1. The summed E-state index contributed by atoms with van der Waals surface area (Å²) in [6, 6.07) is 7.16. The first-order valence-corrected chi connectivity index (χ1v) is 9.57. The zero-order chi connectivity index (χ0) is 19.6. The van der Waals surface area contributed by atoms with Gasteiger partial charge in [0.2, 0.25) is 0 Å². The quantitative estimate of drug-likeness (QED) is 0.755. The first-order chi connectivity index (χ1) is 12.9. The van der Waals surface area contributed by atoms with Crippen LogP contribution in [0.4, 0.5) is 0 Å². The van der Waals surface area contributed by atoms with Crippen molar-refractivity contribution >= 4 is 16.9 Å². The number of amides is 1. The number of likely N-dealkylation sites (tertiary alicyclic amines) is 1. The summed E-state index contributed by atoms with van der Waals surface area (Å²) in [7, 11) is 3.96. The molecule has 0 N–H and O–H groups in total. The molecule has 1 aromatic carbocycles. The Bertz CT molecular complexity index is 868. The number of carbonyl (C=O) groups is 1. The van der Waals surface area contributed by atoms with Crippen LogP contribution in [0.15, 0.2) is 33.5 Å².